The Balaban J connectivity index is 1.75. The molecule has 2 aromatic rings. The largest absolute Gasteiger partial charge is 0.366 e. The summed E-state index contributed by atoms with van der Waals surface area (Å²) in [6.45, 7) is 2.07. The number of aromatic nitrogens is 1. The van der Waals surface area contributed by atoms with Crippen LogP contribution in [0.2, 0.25) is 0 Å². The molecule has 1 aromatic carbocycles. The van der Waals surface area contributed by atoms with E-state index in [1.165, 1.54) is 0 Å². The maximum Gasteiger partial charge on any atom is 0.268 e. The van der Waals surface area contributed by atoms with E-state index in [2.05, 4.69) is 10.3 Å². The van der Waals surface area contributed by atoms with Crippen molar-refractivity contribution in [1.82, 2.24) is 10.3 Å². The fourth-order valence-corrected chi connectivity index (χ4v) is 3.11. The van der Waals surface area contributed by atoms with E-state index in [1.54, 1.807) is 25.1 Å². The van der Waals surface area contributed by atoms with Crippen LogP contribution in [0.3, 0.4) is 0 Å². The average Bonchev–Trinajstić information content (AvgIpc) is 2.91. The number of hydrogen-bond donors (Lipinski definition) is 3. The second-order valence-electron chi connectivity index (χ2n) is 6.00. The molecule has 1 heterocycles. The van der Waals surface area contributed by atoms with Gasteiger partial charge in [-0.05, 0) is 43.0 Å². The number of hydrogen-bond acceptors (Lipinski definition) is 3. The smallest absolute Gasteiger partial charge is 0.268 e. The van der Waals surface area contributed by atoms with Crippen LogP contribution in [-0.2, 0) is 13.0 Å². The molecule has 6 heteroatoms. The van der Waals surface area contributed by atoms with Crippen LogP contribution in [0.4, 0.5) is 0 Å². The van der Waals surface area contributed by atoms with Gasteiger partial charge in [-0.25, -0.2) is 0 Å². The first-order valence-corrected chi connectivity index (χ1v) is 7.89. The monoisotopic (exact) mass is 325 g/mol. The summed E-state index contributed by atoms with van der Waals surface area (Å²) in [4.78, 5) is 38.8. The van der Waals surface area contributed by atoms with Crippen LogP contribution < -0.4 is 11.1 Å². The number of nitrogens with two attached hydrogens (primary N) is 1. The summed E-state index contributed by atoms with van der Waals surface area (Å²) in [6.07, 6.45) is 2.13. The Morgan fingerprint density at radius 3 is 2.79 bits per heavy atom. The molecule has 0 saturated heterocycles. The summed E-state index contributed by atoms with van der Waals surface area (Å²) in [5.41, 5.74) is 9.10. The molecule has 0 radical (unpaired) electrons. The Morgan fingerprint density at radius 2 is 2.08 bits per heavy atom. The second kappa shape index (κ2) is 6.31. The van der Waals surface area contributed by atoms with Gasteiger partial charge in [0.1, 0.15) is 5.69 Å². The maximum atomic E-state index is 12.4. The Hall–Kier alpha value is -2.89. The lowest BCUT2D eigenvalue weighted by Crippen LogP contribution is -2.24. The molecule has 0 atom stereocenters. The van der Waals surface area contributed by atoms with Gasteiger partial charge in [-0.3, -0.25) is 14.4 Å². The summed E-state index contributed by atoms with van der Waals surface area (Å²) in [5.74, 6) is -0.674. The predicted molar refractivity (Wildman–Crippen MR) is 88.9 cm³/mol. The topological polar surface area (TPSA) is 105 Å². The number of benzene rings is 1. The molecule has 0 unspecified atom stereocenters. The molecule has 0 spiro atoms. The number of Topliss-reactive ketones (excluding diaryl/α,β-unsaturated/α-hetero) is 1. The minimum absolute atomic E-state index is 0.0956. The number of primary amides is 1. The molecule has 0 fully saturated rings. The summed E-state index contributed by atoms with van der Waals surface area (Å²) in [6, 6.07) is 6.81. The Kier molecular flexibility index (Phi) is 4.20. The van der Waals surface area contributed by atoms with Gasteiger partial charge in [-0.1, -0.05) is 12.1 Å². The van der Waals surface area contributed by atoms with E-state index in [0.717, 1.165) is 24.1 Å². The van der Waals surface area contributed by atoms with Crippen molar-refractivity contribution >= 4 is 17.6 Å². The van der Waals surface area contributed by atoms with Gasteiger partial charge in [0.05, 0.1) is 0 Å². The summed E-state index contributed by atoms with van der Waals surface area (Å²) in [7, 11) is 0. The summed E-state index contributed by atoms with van der Waals surface area (Å²) < 4.78 is 0. The number of nitrogens with one attached hydrogen (secondary N) is 2. The molecule has 4 N–H and O–H groups in total. The Morgan fingerprint density at radius 1 is 1.29 bits per heavy atom. The van der Waals surface area contributed by atoms with Crippen LogP contribution in [0.15, 0.2) is 24.3 Å². The number of amides is 2. The Labute approximate surface area is 139 Å². The zero-order valence-corrected chi connectivity index (χ0v) is 13.4. The van der Waals surface area contributed by atoms with Crippen LogP contribution in [0.5, 0.6) is 0 Å². The summed E-state index contributed by atoms with van der Waals surface area (Å²) >= 11 is 0. The van der Waals surface area contributed by atoms with E-state index in [-0.39, 0.29) is 18.2 Å². The molecule has 3 rings (SSSR count). The van der Waals surface area contributed by atoms with Crippen molar-refractivity contribution in [2.24, 2.45) is 5.73 Å². The number of rotatable bonds is 4. The van der Waals surface area contributed by atoms with Crippen LogP contribution >= 0.6 is 0 Å². The summed E-state index contributed by atoms with van der Waals surface area (Å²) in [5, 5.41) is 2.81. The van der Waals surface area contributed by atoms with Crippen molar-refractivity contribution < 1.29 is 14.4 Å². The highest BCUT2D eigenvalue weighted by Crippen LogP contribution is 2.26. The number of H-pyrrole nitrogens is 1. The Bertz CT molecular complexity index is 836. The lowest BCUT2D eigenvalue weighted by Gasteiger charge is -2.09. The van der Waals surface area contributed by atoms with Crippen molar-refractivity contribution in [1.29, 1.82) is 0 Å². The number of aryl methyl sites for hydroxylation is 1. The minimum Gasteiger partial charge on any atom is -0.366 e. The second-order valence-corrected chi connectivity index (χ2v) is 6.00. The third-order valence-corrected chi connectivity index (χ3v) is 4.33. The van der Waals surface area contributed by atoms with Gasteiger partial charge in [-0.15, -0.1) is 0 Å². The molecule has 0 saturated carbocycles. The molecule has 1 aliphatic rings. The molecule has 24 heavy (non-hydrogen) atoms. The highest BCUT2D eigenvalue weighted by Gasteiger charge is 2.26. The quantitative estimate of drug-likeness (QED) is 0.799. The maximum absolute atomic E-state index is 12.4. The number of fused-ring (bicyclic) bond motifs is 1. The van der Waals surface area contributed by atoms with Crippen LogP contribution in [0, 0.1) is 6.92 Å². The fraction of sp³-hybridized carbons (Fsp3) is 0.278. The van der Waals surface area contributed by atoms with Crippen LogP contribution in [-0.4, -0.2) is 22.6 Å². The van der Waals surface area contributed by atoms with E-state index in [1.807, 2.05) is 6.07 Å². The highest BCUT2D eigenvalue weighted by molar-refractivity contribution is 6.04. The number of aromatic amines is 1. The molecule has 0 bridgehead atoms. The van der Waals surface area contributed by atoms with Gasteiger partial charge in [0.2, 0.25) is 5.91 Å². The van der Waals surface area contributed by atoms with Crippen molar-refractivity contribution in [3.05, 3.63) is 57.9 Å². The lowest BCUT2D eigenvalue weighted by atomic mass is 9.94. The van der Waals surface area contributed by atoms with Gasteiger partial charge >= 0.3 is 0 Å². The van der Waals surface area contributed by atoms with Crippen molar-refractivity contribution in [2.75, 3.05) is 0 Å². The molecule has 2 amide bonds. The van der Waals surface area contributed by atoms with Gasteiger partial charge in [0, 0.05) is 29.8 Å². The number of ketones is 1. The third kappa shape index (κ3) is 2.95. The first kappa shape index (κ1) is 16.0. The first-order valence-electron chi connectivity index (χ1n) is 7.89. The molecule has 1 aliphatic carbocycles. The first-order chi connectivity index (χ1) is 11.5. The van der Waals surface area contributed by atoms with Gasteiger partial charge in [0.15, 0.2) is 5.78 Å². The van der Waals surface area contributed by atoms with Gasteiger partial charge in [0.25, 0.3) is 5.91 Å². The molecule has 1 aromatic heterocycles. The fourth-order valence-electron chi connectivity index (χ4n) is 3.11. The standard InChI is InChI=1S/C18H19N3O3/c1-10-15-13(6-3-7-14(15)22)21-16(10)18(24)20-9-11-4-2-5-12(8-11)17(19)23/h2,4-5,8,21H,3,6-7,9H2,1H3,(H2,19,23)(H,20,24). The van der Waals surface area contributed by atoms with E-state index >= 15 is 0 Å². The minimum atomic E-state index is -0.505. The van der Waals surface area contributed by atoms with Crippen molar-refractivity contribution in [3.8, 4) is 0 Å². The normalized spacial score (nSPS) is 13.5. The van der Waals surface area contributed by atoms with Crippen LogP contribution in [0.25, 0.3) is 0 Å². The molecule has 6 nitrogen and oxygen atoms in total. The zero-order chi connectivity index (χ0) is 17.3. The molecule has 124 valence electrons. The third-order valence-electron chi connectivity index (χ3n) is 4.33. The van der Waals surface area contributed by atoms with Crippen LogP contribution in [0.1, 0.15) is 60.9 Å². The SMILES string of the molecule is Cc1c(C(=O)NCc2cccc(C(N)=O)c2)[nH]c2c1C(=O)CCC2. The molecular formula is C18H19N3O3. The number of carbonyl (C=O) groups excluding carboxylic acids is 3. The molecular weight excluding hydrogens is 306 g/mol. The van der Waals surface area contributed by atoms with E-state index < -0.39 is 5.91 Å². The number of carbonyl (C=O) groups is 3. The van der Waals surface area contributed by atoms with Gasteiger partial charge in [-0.2, -0.15) is 0 Å². The van der Waals surface area contributed by atoms with E-state index in [4.69, 9.17) is 5.73 Å². The lowest BCUT2D eigenvalue weighted by molar-refractivity contribution is 0.0944. The van der Waals surface area contributed by atoms with E-state index in [9.17, 15) is 14.4 Å². The van der Waals surface area contributed by atoms with Crippen molar-refractivity contribution in [3.63, 3.8) is 0 Å². The molecule has 0 aliphatic heterocycles. The predicted octanol–water partition coefficient (Wildman–Crippen LogP) is 1.87. The average molecular weight is 325 g/mol. The van der Waals surface area contributed by atoms with Gasteiger partial charge < -0.3 is 16.0 Å². The van der Waals surface area contributed by atoms with Crippen molar-refractivity contribution in [2.45, 2.75) is 32.7 Å². The van der Waals surface area contributed by atoms with E-state index in [0.29, 0.717) is 28.8 Å². The zero-order valence-electron chi connectivity index (χ0n) is 13.4. The highest BCUT2D eigenvalue weighted by atomic mass is 16.2.